The molecular formula is C13H13N3S. The van der Waals surface area contributed by atoms with Gasteiger partial charge in [0.25, 0.3) is 0 Å². The summed E-state index contributed by atoms with van der Waals surface area (Å²) in [6.07, 6.45) is 1.89. The molecule has 1 heterocycles. The predicted octanol–water partition coefficient (Wildman–Crippen LogP) is 2.61. The van der Waals surface area contributed by atoms with Crippen molar-refractivity contribution in [1.82, 2.24) is 10.3 Å². The van der Waals surface area contributed by atoms with E-state index in [0.717, 1.165) is 23.7 Å². The van der Waals surface area contributed by atoms with Crippen LogP contribution in [-0.2, 0) is 13.1 Å². The average molecular weight is 243 g/mol. The van der Waals surface area contributed by atoms with E-state index >= 15 is 0 Å². The van der Waals surface area contributed by atoms with Crippen LogP contribution in [0.1, 0.15) is 21.0 Å². The van der Waals surface area contributed by atoms with E-state index in [2.05, 4.69) is 23.3 Å². The molecule has 0 aliphatic heterocycles. The summed E-state index contributed by atoms with van der Waals surface area (Å²) in [7, 11) is 0. The van der Waals surface area contributed by atoms with E-state index in [1.54, 1.807) is 11.3 Å². The second-order valence-corrected chi connectivity index (χ2v) is 5.10. The molecule has 0 fully saturated rings. The number of hydrogen-bond acceptors (Lipinski definition) is 4. The molecule has 0 aliphatic rings. The van der Waals surface area contributed by atoms with Crippen molar-refractivity contribution in [3.63, 3.8) is 0 Å². The highest BCUT2D eigenvalue weighted by Crippen LogP contribution is 2.11. The van der Waals surface area contributed by atoms with Crippen LogP contribution in [0.25, 0.3) is 0 Å². The Kier molecular flexibility index (Phi) is 3.86. The molecule has 0 saturated heterocycles. The van der Waals surface area contributed by atoms with Gasteiger partial charge >= 0.3 is 0 Å². The van der Waals surface area contributed by atoms with Gasteiger partial charge in [-0.15, -0.1) is 11.3 Å². The molecule has 86 valence electrons. The Morgan fingerprint density at radius 2 is 2.29 bits per heavy atom. The van der Waals surface area contributed by atoms with Gasteiger partial charge < -0.3 is 5.32 Å². The highest BCUT2D eigenvalue weighted by molar-refractivity contribution is 7.11. The first-order chi connectivity index (χ1) is 8.28. The van der Waals surface area contributed by atoms with E-state index in [1.807, 2.05) is 30.5 Å². The number of hydrogen-bond donors (Lipinski definition) is 1. The molecule has 4 heteroatoms. The number of aryl methyl sites for hydroxylation is 1. The molecule has 0 bridgehead atoms. The SMILES string of the molecule is Cc1cnc(CNCc2cccc(C#N)c2)s1. The first-order valence-electron chi connectivity index (χ1n) is 5.39. The summed E-state index contributed by atoms with van der Waals surface area (Å²) < 4.78 is 0. The zero-order valence-electron chi connectivity index (χ0n) is 9.60. The topological polar surface area (TPSA) is 48.7 Å². The van der Waals surface area contributed by atoms with Crippen LogP contribution in [0, 0.1) is 18.3 Å². The summed E-state index contributed by atoms with van der Waals surface area (Å²) in [6.45, 7) is 3.58. The molecule has 0 radical (unpaired) electrons. The Bertz CT molecular complexity index is 540. The third-order valence-corrected chi connectivity index (χ3v) is 3.24. The minimum absolute atomic E-state index is 0.703. The summed E-state index contributed by atoms with van der Waals surface area (Å²) in [6, 6.07) is 9.78. The normalized spacial score (nSPS) is 10.1. The summed E-state index contributed by atoms with van der Waals surface area (Å²) in [5.41, 5.74) is 1.83. The Morgan fingerprint density at radius 1 is 1.41 bits per heavy atom. The molecule has 0 amide bonds. The largest absolute Gasteiger partial charge is 0.306 e. The summed E-state index contributed by atoms with van der Waals surface area (Å²) in [4.78, 5) is 5.51. The van der Waals surface area contributed by atoms with Gasteiger partial charge in [0.05, 0.1) is 11.6 Å². The molecule has 0 unspecified atom stereocenters. The van der Waals surface area contributed by atoms with Crippen molar-refractivity contribution in [2.45, 2.75) is 20.0 Å². The van der Waals surface area contributed by atoms with E-state index in [9.17, 15) is 0 Å². The second-order valence-electron chi connectivity index (χ2n) is 3.78. The monoisotopic (exact) mass is 243 g/mol. The maximum absolute atomic E-state index is 8.79. The van der Waals surface area contributed by atoms with E-state index in [-0.39, 0.29) is 0 Å². The van der Waals surface area contributed by atoms with Crippen molar-refractivity contribution in [3.05, 3.63) is 51.5 Å². The van der Waals surface area contributed by atoms with Gasteiger partial charge in [0.1, 0.15) is 5.01 Å². The number of nitrogens with one attached hydrogen (secondary N) is 1. The van der Waals surface area contributed by atoms with Crippen molar-refractivity contribution in [2.75, 3.05) is 0 Å². The summed E-state index contributed by atoms with van der Waals surface area (Å²) in [5.74, 6) is 0. The van der Waals surface area contributed by atoms with E-state index < -0.39 is 0 Å². The van der Waals surface area contributed by atoms with Crippen LogP contribution in [0.2, 0.25) is 0 Å². The molecule has 1 N–H and O–H groups in total. The number of rotatable bonds is 4. The molecule has 3 nitrogen and oxygen atoms in total. The van der Waals surface area contributed by atoms with Gasteiger partial charge in [0, 0.05) is 24.2 Å². The highest BCUT2D eigenvalue weighted by Gasteiger charge is 1.99. The van der Waals surface area contributed by atoms with Gasteiger partial charge in [-0.3, -0.25) is 0 Å². The predicted molar refractivity (Wildman–Crippen MR) is 68.6 cm³/mol. The maximum Gasteiger partial charge on any atom is 0.107 e. The van der Waals surface area contributed by atoms with Crippen LogP contribution in [0.15, 0.2) is 30.5 Å². The fourth-order valence-electron chi connectivity index (χ4n) is 1.55. The molecule has 0 aliphatic carbocycles. The Labute approximate surface area is 105 Å². The lowest BCUT2D eigenvalue weighted by molar-refractivity contribution is 0.690. The van der Waals surface area contributed by atoms with Gasteiger partial charge in [-0.2, -0.15) is 5.26 Å². The fourth-order valence-corrected chi connectivity index (χ4v) is 2.30. The second kappa shape index (κ2) is 5.58. The number of benzene rings is 1. The van der Waals surface area contributed by atoms with Gasteiger partial charge in [-0.25, -0.2) is 4.98 Å². The van der Waals surface area contributed by atoms with Crippen LogP contribution < -0.4 is 5.32 Å². The van der Waals surface area contributed by atoms with Crippen molar-refractivity contribution in [1.29, 1.82) is 5.26 Å². The zero-order chi connectivity index (χ0) is 12.1. The minimum Gasteiger partial charge on any atom is -0.306 e. The minimum atomic E-state index is 0.703. The van der Waals surface area contributed by atoms with Crippen LogP contribution in [-0.4, -0.2) is 4.98 Å². The smallest absolute Gasteiger partial charge is 0.107 e. The van der Waals surface area contributed by atoms with Crippen LogP contribution in [0.4, 0.5) is 0 Å². The third kappa shape index (κ3) is 3.38. The Balaban J connectivity index is 1.88. The fraction of sp³-hybridized carbons (Fsp3) is 0.231. The first kappa shape index (κ1) is 11.8. The molecule has 0 atom stereocenters. The molecule has 2 aromatic rings. The molecular weight excluding hydrogens is 230 g/mol. The first-order valence-corrected chi connectivity index (χ1v) is 6.20. The molecule has 0 spiro atoms. The quantitative estimate of drug-likeness (QED) is 0.898. The summed E-state index contributed by atoms with van der Waals surface area (Å²) in [5, 5.41) is 13.2. The van der Waals surface area contributed by atoms with Crippen LogP contribution in [0.3, 0.4) is 0 Å². The van der Waals surface area contributed by atoms with E-state index in [0.29, 0.717) is 5.56 Å². The summed E-state index contributed by atoms with van der Waals surface area (Å²) >= 11 is 1.70. The van der Waals surface area contributed by atoms with E-state index in [1.165, 1.54) is 4.88 Å². The molecule has 1 aromatic carbocycles. The third-order valence-electron chi connectivity index (χ3n) is 2.33. The van der Waals surface area contributed by atoms with Gasteiger partial charge in [-0.05, 0) is 24.6 Å². The standard InChI is InChI=1S/C13H13N3S/c1-10-7-16-13(17-10)9-15-8-12-4-2-3-11(5-12)6-14/h2-5,7,15H,8-9H2,1H3. The van der Waals surface area contributed by atoms with Gasteiger partial charge in [0.2, 0.25) is 0 Å². The van der Waals surface area contributed by atoms with E-state index in [4.69, 9.17) is 5.26 Å². The molecule has 17 heavy (non-hydrogen) atoms. The lowest BCUT2D eigenvalue weighted by atomic mass is 10.1. The van der Waals surface area contributed by atoms with Crippen molar-refractivity contribution in [3.8, 4) is 6.07 Å². The number of thiazole rings is 1. The average Bonchev–Trinajstić information content (AvgIpc) is 2.75. The number of nitrogens with zero attached hydrogens (tertiary/aromatic N) is 2. The van der Waals surface area contributed by atoms with Crippen molar-refractivity contribution >= 4 is 11.3 Å². The van der Waals surface area contributed by atoms with Crippen LogP contribution in [0.5, 0.6) is 0 Å². The Hall–Kier alpha value is -1.70. The number of aromatic nitrogens is 1. The van der Waals surface area contributed by atoms with Crippen LogP contribution >= 0.6 is 11.3 Å². The lowest BCUT2D eigenvalue weighted by Gasteiger charge is -2.02. The molecule has 1 aromatic heterocycles. The van der Waals surface area contributed by atoms with Gasteiger partial charge in [-0.1, -0.05) is 12.1 Å². The lowest BCUT2D eigenvalue weighted by Crippen LogP contribution is -2.12. The molecule has 2 rings (SSSR count). The van der Waals surface area contributed by atoms with Crippen molar-refractivity contribution < 1.29 is 0 Å². The van der Waals surface area contributed by atoms with Crippen molar-refractivity contribution in [2.24, 2.45) is 0 Å². The zero-order valence-corrected chi connectivity index (χ0v) is 10.4. The Morgan fingerprint density at radius 3 is 3.00 bits per heavy atom. The number of nitriles is 1. The highest BCUT2D eigenvalue weighted by atomic mass is 32.1. The maximum atomic E-state index is 8.79. The molecule has 0 saturated carbocycles. The van der Waals surface area contributed by atoms with Gasteiger partial charge in [0.15, 0.2) is 0 Å².